The number of rotatable bonds is 4. The Labute approximate surface area is 139 Å². The van der Waals surface area contributed by atoms with Gasteiger partial charge in [0.15, 0.2) is 5.78 Å². The minimum atomic E-state index is -0.901. The number of nitriles is 1. The molecule has 0 aromatic heterocycles. The lowest BCUT2D eigenvalue weighted by Crippen LogP contribution is -2.12. The number of Topliss-reactive ketones (excluding diaryl/α,β-unsaturated/α-hetero) is 1. The van der Waals surface area contributed by atoms with E-state index in [0.717, 1.165) is 8.95 Å². The van der Waals surface area contributed by atoms with Gasteiger partial charge < -0.3 is 4.74 Å². The lowest BCUT2D eigenvalue weighted by Gasteiger charge is -2.13. The first kappa shape index (κ1) is 15.7. The van der Waals surface area contributed by atoms with Gasteiger partial charge in [0.1, 0.15) is 11.7 Å². The smallest absolute Gasteiger partial charge is 0.184 e. The molecule has 1 unspecified atom stereocenters. The summed E-state index contributed by atoms with van der Waals surface area (Å²) in [5, 5.41) is 9.42. The molecule has 5 heteroatoms. The summed E-state index contributed by atoms with van der Waals surface area (Å²) in [5.41, 5.74) is 1.04. The molecular formula is C16H11Br2NO2. The van der Waals surface area contributed by atoms with E-state index >= 15 is 0 Å². The number of carbonyl (C=O) groups excluding carboxylic acids is 1. The summed E-state index contributed by atoms with van der Waals surface area (Å²) in [6, 6.07) is 14.4. The van der Waals surface area contributed by atoms with Gasteiger partial charge in [0.2, 0.25) is 0 Å². The summed E-state index contributed by atoms with van der Waals surface area (Å²) in [6.07, 6.45) is 0. The maximum atomic E-state index is 12.6. The Hall–Kier alpha value is -1.64. The molecule has 0 radical (unpaired) electrons. The molecule has 0 saturated heterocycles. The highest BCUT2D eigenvalue weighted by molar-refractivity contribution is 9.11. The van der Waals surface area contributed by atoms with E-state index in [9.17, 15) is 10.1 Å². The summed E-state index contributed by atoms with van der Waals surface area (Å²) in [5.74, 6) is -0.627. The number of para-hydroxylation sites is 1. The largest absolute Gasteiger partial charge is 0.496 e. The first-order valence-corrected chi connectivity index (χ1v) is 7.68. The van der Waals surface area contributed by atoms with E-state index in [-0.39, 0.29) is 5.78 Å². The summed E-state index contributed by atoms with van der Waals surface area (Å²) in [6.45, 7) is 0. The van der Waals surface area contributed by atoms with E-state index in [4.69, 9.17) is 4.74 Å². The van der Waals surface area contributed by atoms with Crippen LogP contribution in [0.15, 0.2) is 51.4 Å². The lowest BCUT2D eigenvalue weighted by atomic mass is 9.91. The molecule has 2 aromatic carbocycles. The van der Waals surface area contributed by atoms with Crippen molar-refractivity contribution in [2.75, 3.05) is 7.11 Å². The summed E-state index contributed by atoms with van der Waals surface area (Å²) in [4.78, 5) is 12.6. The van der Waals surface area contributed by atoms with Crippen LogP contribution in [0.5, 0.6) is 5.75 Å². The molecule has 0 aliphatic carbocycles. The number of ether oxygens (including phenoxy) is 1. The fraction of sp³-hybridized carbons (Fsp3) is 0.125. The Morgan fingerprint density at radius 2 is 1.81 bits per heavy atom. The van der Waals surface area contributed by atoms with Crippen LogP contribution in [-0.2, 0) is 0 Å². The van der Waals surface area contributed by atoms with Gasteiger partial charge in [-0.05, 0) is 24.3 Å². The van der Waals surface area contributed by atoms with Crippen LogP contribution in [0.2, 0.25) is 0 Å². The molecule has 0 N–H and O–H groups in total. The van der Waals surface area contributed by atoms with Crippen LogP contribution >= 0.6 is 31.9 Å². The third kappa shape index (κ3) is 3.52. The fourth-order valence-corrected chi connectivity index (χ4v) is 3.33. The van der Waals surface area contributed by atoms with Crippen LogP contribution < -0.4 is 4.74 Å². The van der Waals surface area contributed by atoms with Crippen molar-refractivity contribution in [2.24, 2.45) is 0 Å². The summed E-state index contributed by atoms with van der Waals surface area (Å²) in [7, 11) is 1.52. The zero-order valence-corrected chi connectivity index (χ0v) is 14.3. The van der Waals surface area contributed by atoms with Crippen LogP contribution in [0.3, 0.4) is 0 Å². The van der Waals surface area contributed by atoms with Gasteiger partial charge in [-0.2, -0.15) is 5.26 Å². The second kappa shape index (κ2) is 6.88. The Morgan fingerprint density at radius 3 is 2.38 bits per heavy atom. The van der Waals surface area contributed by atoms with Gasteiger partial charge in [-0.15, -0.1) is 0 Å². The third-order valence-corrected chi connectivity index (χ3v) is 3.90. The molecule has 0 aliphatic heterocycles. The zero-order chi connectivity index (χ0) is 15.4. The van der Waals surface area contributed by atoms with Crippen LogP contribution in [0.4, 0.5) is 0 Å². The minimum absolute atomic E-state index is 0.260. The monoisotopic (exact) mass is 407 g/mol. The van der Waals surface area contributed by atoms with Gasteiger partial charge in [-0.25, -0.2) is 0 Å². The Bertz CT molecular complexity index is 702. The first-order valence-electron chi connectivity index (χ1n) is 6.09. The molecular weight excluding hydrogens is 398 g/mol. The van der Waals surface area contributed by atoms with Crippen molar-refractivity contribution in [2.45, 2.75) is 5.92 Å². The molecule has 0 heterocycles. The van der Waals surface area contributed by atoms with Crippen LogP contribution in [-0.4, -0.2) is 12.9 Å². The number of ketones is 1. The summed E-state index contributed by atoms with van der Waals surface area (Å²) >= 11 is 6.69. The van der Waals surface area contributed by atoms with Gasteiger partial charge in [0.25, 0.3) is 0 Å². The molecule has 0 amide bonds. The van der Waals surface area contributed by atoms with Crippen molar-refractivity contribution in [3.05, 3.63) is 62.5 Å². The number of hydrogen-bond acceptors (Lipinski definition) is 3. The van der Waals surface area contributed by atoms with Crippen molar-refractivity contribution in [1.29, 1.82) is 5.26 Å². The van der Waals surface area contributed by atoms with Crippen LogP contribution in [0, 0.1) is 11.3 Å². The van der Waals surface area contributed by atoms with E-state index in [2.05, 4.69) is 37.9 Å². The van der Waals surface area contributed by atoms with Crippen molar-refractivity contribution in [1.82, 2.24) is 0 Å². The maximum Gasteiger partial charge on any atom is 0.184 e. The second-order valence-corrected chi connectivity index (χ2v) is 6.16. The normalized spacial score (nSPS) is 11.5. The zero-order valence-electron chi connectivity index (χ0n) is 11.1. The number of methoxy groups -OCH3 is 1. The van der Waals surface area contributed by atoms with Crippen LogP contribution in [0.1, 0.15) is 21.8 Å². The molecule has 0 bridgehead atoms. The van der Waals surface area contributed by atoms with Gasteiger partial charge in [-0.1, -0.05) is 50.1 Å². The molecule has 0 aliphatic rings. The van der Waals surface area contributed by atoms with Crippen molar-refractivity contribution in [3.8, 4) is 11.8 Å². The maximum absolute atomic E-state index is 12.6. The first-order chi connectivity index (χ1) is 10.1. The SMILES string of the molecule is COc1ccccc1C(C#N)C(=O)c1cc(Br)cc(Br)c1. The summed E-state index contributed by atoms with van der Waals surface area (Å²) < 4.78 is 6.79. The average molecular weight is 409 g/mol. The van der Waals surface area contributed by atoms with Gasteiger partial charge >= 0.3 is 0 Å². The van der Waals surface area contributed by atoms with Gasteiger partial charge in [-0.3, -0.25) is 4.79 Å². The van der Waals surface area contributed by atoms with E-state index < -0.39 is 5.92 Å². The highest BCUT2D eigenvalue weighted by Crippen LogP contribution is 2.30. The van der Waals surface area contributed by atoms with Crippen LogP contribution in [0.25, 0.3) is 0 Å². The molecule has 2 rings (SSSR count). The molecule has 0 spiro atoms. The number of carbonyl (C=O) groups is 1. The van der Waals surface area contributed by atoms with Gasteiger partial charge in [0, 0.05) is 20.1 Å². The Kier molecular flexibility index (Phi) is 5.16. The lowest BCUT2D eigenvalue weighted by molar-refractivity contribution is 0.0977. The molecule has 0 saturated carbocycles. The fourth-order valence-electron chi connectivity index (χ4n) is 2.04. The Morgan fingerprint density at radius 1 is 1.19 bits per heavy atom. The number of benzene rings is 2. The molecule has 2 aromatic rings. The van der Waals surface area contributed by atoms with Crippen molar-refractivity contribution < 1.29 is 9.53 Å². The Balaban J connectivity index is 2.46. The van der Waals surface area contributed by atoms with E-state index in [0.29, 0.717) is 16.9 Å². The molecule has 21 heavy (non-hydrogen) atoms. The van der Waals surface area contributed by atoms with Gasteiger partial charge in [0.05, 0.1) is 13.2 Å². The quantitative estimate of drug-likeness (QED) is 0.688. The van der Waals surface area contributed by atoms with E-state index in [1.165, 1.54) is 7.11 Å². The van der Waals surface area contributed by atoms with E-state index in [1.54, 1.807) is 36.4 Å². The van der Waals surface area contributed by atoms with E-state index in [1.807, 2.05) is 6.07 Å². The second-order valence-electron chi connectivity index (χ2n) is 4.33. The molecule has 3 nitrogen and oxygen atoms in total. The molecule has 106 valence electrons. The standard InChI is InChI=1S/C16H11Br2NO2/c1-21-15-5-3-2-4-13(15)14(9-19)16(20)10-6-11(17)8-12(18)7-10/h2-8,14H,1H3. The predicted octanol–water partition coefficient (Wildman–Crippen LogP) is 4.71. The average Bonchev–Trinajstić information content (AvgIpc) is 2.47. The third-order valence-electron chi connectivity index (χ3n) is 2.99. The number of halogens is 2. The van der Waals surface area contributed by atoms with Crippen molar-refractivity contribution >= 4 is 37.6 Å². The number of hydrogen-bond donors (Lipinski definition) is 0. The molecule has 1 atom stereocenters. The highest BCUT2D eigenvalue weighted by atomic mass is 79.9. The topological polar surface area (TPSA) is 50.1 Å². The minimum Gasteiger partial charge on any atom is -0.496 e. The molecule has 0 fully saturated rings. The number of nitrogens with zero attached hydrogens (tertiary/aromatic N) is 1. The highest BCUT2D eigenvalue weighted by Gasteiger charge is 2.25. The van der Waals surface area contributed by atoms with Crippen molar-refractivity contribution in [3.63, 3.8) is 0 Å². The predicted molar refractivity (Wildman–Crippen MR) is 87.5 cm³/mol.